The summed E-state index contributed by atoms with van der Waals surface area (Å²) in [5.41, 5.74) is 1.71. The van der Waals surface area contributed by atoms with Crippen LogP contribution in [-0.2, 0) is 4.74 Å². The van der Waals surface area contributed by atoms with E-state index in [4.69, 9.17) is 16.3 Å². The van der Waals surface area contributed by atoms with Crippen molar-refractivity contribution < 1.29 is 9.53 Å². The van der Waals surface area contributed by atoms with Crippen LogP contribution < -0.4 is 5.32 Å². The summed E-state index contributed by atoms with van der Waals surface area (Å²) in [5.74, 6) is 1.65. The number of carbonyl (C=O) groups excluding carboxylic acids is 1. The van der Waals surface area contributed by atoms with Gasteiger partial charge >= 0.3 is 0 Å². The Morgan fingerprint density at radius 2 is 2.15 bits per heavy atom. The fraction of sp³-hybridized carbons (Fsp3) is 0.524. The number of nitrogens with zero attached hydrogens (tertiary/aromatic N) is 2. The lowest BCUT2D eigenvalue weighted by Gasteiger charge is -2.35. The fourth-order valence-corrected chi connectivity index (χ4v) is 4.27. The Hall–Kier alpha value is -1.85. The fourth-order valence-electron chi connectivity index (χ4n) is 4.06. The first-order chi connectivity index (χ1) is 12.9. The summed E-state index contributed by atoms with van der Waals surface area (Å²) in [6.45, 7) is 8.51. The summed E-state index contributed by atoms with van der Waals surface area (Å²) in [6.07, 6.45) is 6.81. The van der Waals surface area contributed by atoms with E-state index in [2.05, 4.69) is 48.1 Å². The molecule has 0 bridgehead atoms. The molecule has 1 aliphatic carbocycles. The highest BCUT2D eigenvalue weighted by atomic mass is 35.5. The lowest BCUT2D eigenvalue weighted by atomic mass is 9.80. The van der Waals surface area contributed by atoms with Gasteiger partial charge in [-0.3, -0.25) is 9.69 Å². The van der Waals surface area contributed by atoms with Gasteiger partial charge in [-0.05, 0) is 43.0 Å². The van der Waals surface area contributed by atoms with Crippen LogP contribution in [0.15, 0.2) is 41.8 Å². The minimum atomic E-state index is -0.202. The van der Waals surface area contributed by atoms with Gasteiger partial charge in [-0.2, -0.15) is 0 Å². The maximum absolute atomic E-state index is 12.5. The zero-order valence-corrected chi connectivity index (χ0v) is 17.2. The van der Waals surface area contributed by atoms with E-state index in [9.17, 15) is 4.79 Å². The molecule has 1 saturated heterocycles. The molecule has 5 nitrogen and oxygen atoms in total. The minimum absolute atomic E-state index is 0.111. The minimum Gasteiger partial charge on any atom is -0.501 e. The Bertz CT molecular complexity index is 762. The molecule has 0 aromatic carbocycles. The molecule has 2 aliphatic rings. The van der Waals surface area contributed by atoms with Crippen LogP contribution in [0.1, 0.15) is 37.7 Å². The molecule has 4 atom stereocenters. The highest BCUT2D eigenvalue weighted by molar-refractivity contribution is 6.33. The average molecular weight is 390 g/mol. The number of pyridine rings is 1. The molecule has 0 saturated carbocycles. The van der Waals surface area contributed by atoms with E-state index in [1.165, 1.54) is 5.57 Å². The zero-order valence-electron chi connectivity index (χ0n) is 16.4. The first kappa shape index (κ1) is 19.9. The predicted octanol–water partition coefficient (Wildman–Crippen LogP) is 3.67. The van der Waals surface area contributed by atoms with Gasteiger partial charge in [0.25, 0.3) is 5.91 Å². The molecule has 6 heteroatoms. The van der Waals surface area contributed by atoms with Crippen LogP contribution >= 0.6 is 11.6 Å². The summed E-state index contributed by atoms with van der Waals surface area (Å²) < 4.78 is 5.48. The van der Waals surface area contributed by atoms with Crippen molar-refractivity contribution in [3.63, 3.8) is 0 Å². The van der Waals surface area contributed by atoms with E-state index in [1.807, 2.05) is 0 Å². The number of aromatic nitrogens is 1. The molecule has 1 aromatic heterocycles. The molecule has 0 spiro atoms. The van der Waals surface area contributed by atoms with Crippen LogP contribution in [-0.4, -0.2) is 48.1 Å². The number of hydrogen-bond donors (Lipinski definition) is 1. The number of amides is 1. The molecule has 146 valence electrons. The highest BCUT2D eigenvalue weighted by Crippen LogP contribution is 2.35. The number of methoxy groups -OCH3 is 1. The maximum atomic E-state index is 12.5. The van der Waals surface area contributed by atoms with E-state index in [1.54, 1.807) is 25.4 Å². The molecule has 1 N–H and O–H groups in total. The third-order valence-electron chi connectivity index (χ3n) is 5.96. The van der Waals surface area contributed by atoms with Crippen molar-refractivity contribution in [2.45, 2.75) is 39.3 Å². The summed E-state index contributed by atoms with van der Waals surface area (Å²) in [5, 5.41) is 3.46. The molecule has 1 fully saturated rings. The van der Waals surface area contributed by atoms with Gasteiger partial charge in [0.2, 0.25) is 0 Å². The molecule has 1 aliphatic heterocycles. The van der Waals surface area contributed by atoms with Gasteiger partial charge < -0.3 is 10.1 Å². The van der Waals surface area contributed by atoms with Crippen LogP contribution in [0.2, 0.25) is 5.02 Å². The molecule has 1 amide bonds. The molecule has 3 unspecified atom stereocenters. The summed E-state index contributed by atoms with van der Waals surface area (Å²) in [7, 11) is 1.74. The maximum Gasteiger partial charge on any atom is 0.271 e. The van der Waals surface area contributed by atoms with Gasteiger partial charge in [-0.25, -0.2) is 4.98 Å². The highest BCUT2D eigenvalue weighted by Gasteiger charge is 2.33. The molecule has 27 heavy (non-hydrogen) atoms. The monoisotopic (exact) mass is 389 g/mol. The Balaban J connectivity index is 1.62. The van der Waals surface area contributed by atoms with Crippen molar-refractivity contribution in [3.05, 3.63) is 52.5 Å². The molecule has 1 aromatic rings. The van der Waals surface area contributed by atoms with Crippen molar-refractivity contribution in [1.29, 1.82) is 0 Å². The lowest BCUT2D eigenvalue weighted by molar-refractivity contribution is 0.0932. The Morgan fingerprint density at radius 1 is 1.37 bits per heavy atom. The second-order valence-corrected chi connectivity index (χ2v) is 7.89. The third-order valence-corrected chi connectivity index (χ3v) is 6.26. The van der Waals surface area contributed by atoms with Crippen molar-refractivity contribution in [1.82, 2.24) is 15.2 Å². The first-order valence-corrected chi connectivity index (χ1v) is 9.91. The van der Waals surface area contributed by atoms with Crippen LogP contribution in [0, 0.1) is 11.8 Å². The summed E-state index contributed by atoms with van der Waals surface area (Å²) in [6, 6.07) is 3.85. The number of ether oxygens (including phenoxy) is 1. The van der Waals surface area contributed by atoms with Gasteiger partial charge in [0, 0.05) is 37.3 Å². The standard InChI is InChI=1S/C21H28ClN3O2/c1-13-14(2)19(27-4)8-7-17(13)15(3)25-11-9-16(12-25)24-21(26)20-18(22)6-5-10-23-20/h5-8,10,13-16H,9,11-12H2,1-4H3,(H,24,26)/t13?,14?,15?,16-/m1/s1. The van der Waals surface area contributed by atoms with Gasteiger partial charge in [0.05, 0.1) is 17.9 Å². The number of hydrogen-bond acceptors (Lipinski definition) is 4. The van der Waals surface area contributed by atoms with Gasteiger partial charge in [0.15, 0.2) is 0 Å². The van der Waals surface area contributed by atoms with Crippen LogP contribution in [0.25, 0.3) is 0 Å². The van der Waals surface area contributed by atoms with Crippen molar-refractivity contribution in [3.8, 4) is 0 Å². The molecular weight excluding hydrogens is 362 g/mol. The number of rotatable bonds is 5. The molecule has 0 radical (unpaired) electrons. The van der Waals surface area contributed by atoms with Gasteiger partial charge in [-0.1, -0.05) is 31.5 Å². The third kappa shape index (κ3) is 4.19. The van der Waals surface area contributed by atoms with E-state index in [0.29, 0.717) is 28.6 Å². The first-order valence-electron chi connectivity index (χ1n) is 9.53. The summed E-state index contributed by atoms with van der Waals surface area (Å²) >= 11 is 6.08. The smallest absolute Gasteiger partial charge is 0.271 e. The topological polar surface area (TPSA) is 54.5 Å². The number of allylic oxidation sites excluding steroid dienone is 3. The Kier molecular flexibility index (Phi) is 6.22. The van der Waals surface area contributed by atoms with E-state index in [0.717, 1.165) is 25.3 Å². The van der Waals surface area contributed by atoms with Gasteiger partial charge in [-0.15, -0.1) is 0 Å². The van der Waals surface area contributed by atoms with E-state index < -0.39 is 0 Å². The Morgan fingerprint density at radius 3 is 2.85 bits per heavy atom. The quantitative estimate of drug-likeness (QED) is 0.834. The van der Waals surface area contributed by atoms with Gasteiger partial charge in [0.1, 0.15) is 5.69 Å². The average Bonchev–Trinajstić information content (AvgIpc) is 3.12. The number of halogens is 1. The lowest BCUT2D eigenvalue weighted by Crippen LogP contribution is -2.41. The summed E-state index contributed by atoms with van der Waals surface area (Å²) in [4.78, 5) is 19.0. The molecule has 2 heterocycles. The molecule has 3 rings (SSSR count). The zero-order chi connectivity index (χ0) is 19.6. The number of carbonyl (C=O) groups is 1. The van der Waals surface area contributed by atoms with Crippen molar-refractivity contribution >= 4 is 17.5 Å². The SMILES string of the molecule is COC1=CC=C(C(C)N2CC[C@@H](NC(=O)c3ncccc3Cl)C2)C(C)C1C. The molecular formula is C21H28ClN3O2. The van der Waals surface area contributed by atoms with Crippen LogP contribution in [0.5, 0.6) is 0 Å². The van der Waals surface area contributed by atoms with Crippen LogP contribution in [0.3, 0.4) is 0 Å². The van der Waals surface area contributed by atoms with E-state index in [-0.39, 0.29) is 11.9 Å². The Labute approximate surface area is 166 Å². The van der Waals surface area contributed by atoms with E-state index >= 15 is 0 Å². The predicted molar refractivity (Wildman–Crippen MR) is 108 cm³/mol. The number of nitrogens with one attached hydrogen (secondary N) is 1. The van der Waals surface area contributed by atoms with Crippen molar-refractivity contribution in [2.75, 3.05) is 20.2 Å². The van der Waals surface area contributed by atoms with Crippen molar-refractivity contribution in [2.24, 2.45) is 11.8 Å². The normalized spacial score (nSPS) is 26.9. The van der Waals surface area contributed by atoms with Crippen LogP contribution in [0.4, 0.5) is 0 Å². The largest absolute Gasteiger partial charge is 0.501 e. The second kappa shape index (κ2) is 8.44. The second-order valence-electron chi connectivity index (χ2n) is 7.48. The number of likely N-dealkylation sites (tertiary alicyclic amines) is 1.